The van der Waals surface area contributed by atoms with E-state index < -0.39 is 17.4 Å². The van der Waals surface area contributed by atoms with Crippen LogP contribution >= 0.6 is 0 Å². The van der Waals surface area contributed by atoms with Crippen LogP contribution in [0, 0.1) is 5.82 Å². The zero-order valence-corrected chi connectivity index (χ0v) is 11.4. The monoisotopic (exact) mass is 308 g/mol. The predicted molar refractivity (Wildman–Crippen MR) is 74.4 cm³/mol. The molecule has 0 amide bonds. The van der Waals surface area contributed by atoms with Gasteiger partial charge in [-0.2, -0.15) is 13.2 Å². The first-order chi connectivity index (χ1) is 10.4. The minimum atomic E-state index is -4.43. The summed E-state index contributed by atoms with van der Waals surface area (Å²) in [5, 5.41) is 0. The highest BCUT2D eigenvalue weighted by molar-refractivity contribution is 6.01. The van der Waals surface area contributed by atoms with Crippen molar-refractivity contribution in [1.29, 1.82) is 0 Å². The fraction of sp³-hybridized carbons (Fsp3) is 0.250. The molecular formula is C16H12F4N2. The largest absolute Gasteiger partial charge is 0.400 e. The molecule has 3 rings (SSSR count). The molecule has 2 aromatic rings. The summed E-state index contributed by atoms with van der Waals surface area (Å²) in [6.07, 6.45) is -3.74. The number of alkyl halides is 3. The summed E-state index contributed by atoms with van der Waals surface area (Å²) in [7, 11) is 0. The highest BCUT2D eigenvalue weighted by Crippen LogP contribution is 2.47. The Morgan fingerprint density at radius 1 is 1.00 bits per heavy atom. The molecule has 0 radical (unpaired) electrons. The van der Waals surface area contributed by atoms with Crippen molar-refractivity contribution in [2.45, 2.75) is 18.0 Å². The maximum absolute atomic E-state index is 13.7. The van der Waals surface area contributed by atoms with Crippen molar-refractivity contribution < 1.29 is 17.6 Å². The van der Waals surface area contributed by atoms with Crippen LogP contribution in [0.5, 0.6) is 0 Å². The molecule has 6 heteroatoms. The fourth-order valence-corrected chi connectivity index (χ4v) is 2.65. The van der Waals surface area contributed by atoms with Gasteiger partial charge in [-0.3, -0.25) is 9.98 Å². The quantitative estimate of drug-likeness (QED) is 0.772. The lowest BCUT2D eigenvalue weighted by molar-refractivity contribution is -0.183. The van der Waals surface area contributed by atoms with Crippen LogP contribution in [0.1, 0.15) is 17.7 Å². The Balaban J connectivity index is 1.98. The van der Waals surface area contributed by atoms with Crippen LogP contribution < -0.4 is 0 Å². The number of hydrogen-bond acceptors (Lipinski definition) is 2. The van der Waals surface area contributed by atoms with Crippen LogP contribution in [0.25, 0.3) is 0 Å². The van der Waals surface area contributed by atoms with Gasteiger partial charge in [0.1, 0.15) is 11.2 Å². The average Bonchev–Trinajstić information content (AvgIpc) is 2.95. The Bertz CT molecular complexity index is 692. The van der Waals surface area contributed by atoms with Gasteiger partial charge in [0, 0.05) is 6.42 Å². The Morgan fingerprint density at radius 3 is 2.32 bits per heavy atom. The molecule has 0 saturated heterocycles. The van der Waals surface area contributed by atoms with Crippen LogP contribution in [0.15, 0.2) is 53.7 Å². The van der Waals surface area contributed by atoms with Crippen molar-refractivity contribution in [1.82, 2.24) is 4.98 Å². The normalized spacial score (nSPS) is 21.7. The van der Waals surface area contributed by atoms with Crippen LogP contribution in [0.3, 0.4) is 0 Å². The highest BCUT2D eigenvalue weighted by Gasteiger charge is 2.58. The third kappa shape index (κ3) is 2.38. The van der Waals surface area contributed by atoms with E-state index in [1.165, 1.54) is 24.3 Å². The number of nitrogens with zero attached hydrogens (tertiary/aromatic N) is 2. The van der Waals surface area contributed by atoms with Crippen LogP contribution in [0.2, 0.25) is 0 Å². The Kier molecular flexibility index (Phi) is 3.47. The summed E-state index contributed by atoms with van der Waals surface area (Å²) in [4.78, 5) is 7.87. The molecule has 0 unspecified atom stereocenters. The second-order valence-corrected chi connectivity index (χ2v) is 5.25. The standard InChI is InChI=1S/C16H12F4N2/c17-12-6-7-13(21-9-12)14-8-15(10-22-14,16(18,19)20)11-4-2-1-3-5-11/h1-7,9H,8,10H2/t15-/m1/s1. The van der Waals surface area contributed by atoms with Crippen molar-refractivity contribution in [2.24, 2.45) is 4.99 Å². The number of rotatable bonds is 2. The summed E-state index contributed by atoms with van der Waals surface area (Å²) in [6, 6.07) is 10.3. The summed E-state index contributed by atoms with van der Waals surface area (Å²) < 4.78 is 54.0. The predicted octanol–water partition coefficient (Wildman–Crippen LogP) is 3.91. The van der Waals surface area contributed by atoms with Crippen molar-refractivity contribution in [3.05, 3.63) is 65.7 Å². The summed E-state index contributed by atoms with van der Waals surface area (Å²) in [5.41, 5.74) is -1.33. The second kappa shape index (κ2) is 5.19. The Labute approximate surface area is 124 Å². The van der Waals surface area contributed by atoms with Crippen LogP contribution in [-0.2, 0) is 5.41 Å². The number of pyridine rings is 1. The Morgan fingerprint density at radius 2 is 1.73 bits per heavy atom. The summed E-state index contributed by atoms with van der Waals surface area (Å²) in [5.74, 6) is -0.535. The van der Waals surface area contributed by atoms with E-state index in [0.29, 0.717) is 0 Å². The molecule has 0 bridgehead atoms. The van der Waals surface area contributed by atoms with Gasteiger partial charge in [-0.25, -0.2) is 4.39 Å². The van der Waals surface area contributed by atoms with Gasteiger partial charge in [0.05, 0.1) is 24.1 Å². The van der Waals surface area contributed by atoms with Gasteiger partial charge in [-0.15, -0.1) is 0 Å². The van der Waals surface area contributed by atoms with E-state index in [2.05, 4.69) is 9.98 Å². The van der Waals surface area contributed by atoms with Gasteiger partial charge in [0.25, 0.3) is 0 Å². The molecule has 0 fully saturated rings. The molecule has 22 heavy (non-hydrogen) atoms. The molecule has 1 aromatic carbocycles. The molecule has 2 heterocycles. The third-order valence-electron chi connectivity index (χ3n) is 3.90. The zero-order chi connectivity index (χ0) is 15.8. The minimum absolute atomic E-state index is 0.184. The molecule has 1 aromatic heterocycles. The number of benzene rings is 1. The fourth-order valence-electron chi connectivity index (χ4n) is 2.65. The lowest BCUT2D eigenvalue weighted by atomic mass is 9.77. The number of hydrogen-bond donors (Lipinski definition) is 0. The average molecular weight is 308 g/mol. The van der Waals surface area contributed by atoms with E-state index in [9.17, 15) is 17.6 Å². The molecule has 0 saturated carbocycles. The third-order valence-corrected chi connectivity index (χ3v) is 3.90. The molecular weight excluding hydrogens is 296 g/mol. The highest BCUT2D eigenvalue weighted by atomic mass is 19.4. The summed E-state index contributed by atoms with van der Waals surface area (Å²) >= 11 is 0. The molecule has 0 aliphatic carbocycles. The maximum Gasteiger partial charge on any atom is 0.400 e. The molecule has 1 aliphatic heterocycles. The lowest BCUT2D eigenvalue weighted by Crippen LogP contribution is -2.43. The molecule has 1 aliphatic rings. The topological polar surface area (TPSA) is 25.2 Å². The first kappa shape index (κ1) is 14.7. The number of halogens is 4. The molecule has 2 nitrogen and oxygen atoms in total. The maximum atomic E-state index is 13.7. The van der Waals surface area contributed by atoms with Gasteiger partial charge >= 0.3 is 6.18 Å². The van der Waals surface area contributed by atoms with E-state index >= 15 is 0 Å². The van der Waals surface area contributed by atoms with E-state index in [-0.39, 0.29) is 29.9 Å². The van der Waals surface area contributed by atoms with Gasteiger partial charge < -0.3 is 0 Å². The van der Waals surface area contributed by atoms with Gasteiger partial charge in [-0.1, -0.05) is 30.3 Å². The van der Waals surface area contributed by atoms with Gasteiger partial charge in [-0.05, 0) is 17.7 Å². The molecule has 0 spiro atoms. The molecule has 1 atom stereocenters. The van der Waals surface area contributed by atoms with E-state index in [0.717, 1.165) is 6.20 Å². The molecule has 0 N–H and O–H groups in total. The van der Waals surface area contributed by atoms with E-state index in [1.54, 1.807) is 18.2 Å². The second-order valence-electron chi connectivity index (χ2n) is 5.25. The Hall–Kier alpha value is -2.24. The van der Waals surface area contributed by atoms with E-state index in [1.807, 2.05) is 0 Å². The van der Waals surface area contributed by atoms with Gasteiger partial charge in [0.2, 0.25) is 0 Å². The number of aliphatic imine (C=N–C) groups is 1. The van der Waals surface area contributed by atoms with Crippen LogP contribution in [0.4, 0.5) is 17.6 Å². The molecule has 114 valence electrons. The van der Waals surface area contributed by atoms with Crippen molar-refractivity contribution in [3.63, 3.8) is 0 Å². The SMILES string of the molecule is Fc1ccc(C2=NC[C@](c3ccccc3)(C(F)(F)F)C2)nc1. The van der Waals surface area contributed by atoms with Gasteiger partial charge in [0.15, 0.2) is 0 Å². The lowest BCUT2D eigenvalue weighted by Gasteiger charge is -2.31. The van der Waals surface area contributed by atoms with Crippen molar-refractivity contribution in [3.8, 4) is 0 Å². The first-order valence-corrected chi connectivity index (χ1v) is 6.70. The number of aromatic nitrogens is 1. The smallest absolute Gasteiger partial charge is 0.286 e. The van der Waals surface area contributed by atoms with E-state index in [4.69, 9.17) is 0 Å². The first-order valence-electron chi connectivity index (χ1n) is 6.70. The van der Waals surface area contributed by atoms with Crippen LogP contribution in [-0.4, -0.2) is 23.4 Å². The zero-order valence-electron chi connectivity index (χ0n) is 11.4. The summed E-state index contributed by atoms with van der Waals surface area (Å²) in [6.45, 7) is -0.380. The van der Waals surface area contributed by atoms with Crippen molar-refractivity contribution >= 4 is 5.71 Å². The van der Waals surface area contributed by atoms with Crippen molar-refractivity contribution in [2.75, 3.05) is 6.54 Å². The minimum Gasteiger partial charge on any atom is -0.286 e.